The number of nitrogens with zero attached hydrogens (tertiary/aromatic N) is 2. The lowest BCUT2D eigenvalue weighted by Crippen LogP contribution is -2.50. The van der Waals surface area contributed by atoms with E-state index in [1.165, 1.54) is 25.4 Å². The summed E-state index contributed by atoms with van der Waals surface area (Å²) in [7, 11) is -0.866. The lowest BCUT2D eigenvalue weighted by molar-refractivity contribution is 0.0912. The van der Waals surface area contributed by atoms with E-state index in [1.54, 1.807) is 11.7 Å². The number of carbonyl (C=O) groups is 1. The fourth-order valence-electron chi connectivity index (χ4n) is 3.64. The summed E-state index contributed by atoms with van der Waals surface area (Å²) >= 11 is 1.37. The van der Waals surface area contributed by atoms with Crippen LogP contribution in [0.5, 0.6) is 0 Å². The Labute approximate surface area is 216 Å². The molecule has 0 aliphatic heterocycles. The zero-order chi connectivity index (χ0) is 26.0. The molecule has 0 spiro atoms. The maximum atomic E-state index is 12.6. The van der Waals surface area contributed by atoms with E-state index in [4.69, 9.17) is 4.74 Å². The molecular weight excluding hydrogens is 500 g/mol. The molecule has 11 heteroatoms. The Kier molecular flexibility index (Phi) is 10.4. The molecule has 3 N–H and O–H groups in total. The van der Waals surface area contributed by atoms with Crippen molar-refractivity contribution >= 4 is 27.6 Å². The smallest absolute Gasteiger partial charge is 0.407 e. The van der Waals surface area contributed by atoms with E-state index in [0.717, 1.165) is 20.3 Å². The standard InChI is InChI=1S/C25H32N4O5S2/c1-29(2)36(32,33)28-21(13-19-9-5-3-6-10-19)15-24(30)23(14-20-11-7-4-8-12-20)27-25(31)34-17-22-16-26-18-35-22/h3-12,16,18,21,23-24,28,30H,13-15,17H2,1-2H3,(H,27,31). The number of amides is 1. The number of carbonyl (C=O) groups excluding carboxylic acids is 1. The summed E-state index contributed by atoms with van der Waals surface area (Å²) < 4.78 is 34.3. The molecular formula is C25H32N4O5S2. The third-order valence-electron chi connectivity index (χ3n) is 5.54. The number of aliphatic hydroxyl groups excluding tert-OH is 1. The largest absolute Gasteiger partial charge is 0.444 e. The van der Waals surface area contributed by atoms with Crippen LogP contribution >= 0.6 is 11.3 Å². The van der Waals surface area contributed by atoms with Crippen LogP contribution in [0.2, 0.25) is 0 Å². The molecule has 36 heavy (non-hydrogen) atoms. The number of alkyl carbamates (subject to hydrolysis) is 1. The first kappa shape index (κ1) is 27.8. The fourth-order valence-corrected chi connectivity index (χ4v) is 4.96. The van der Waals surface area contributed by atoms with Gasteiger partial charge in [0.2, 0.25) is 0 Å². The molecule has 194 valence electrons. The van der Waals surface area contributed by atoms with Crippen molar-refractivity contribution < 1.29 is 23.1 Å². The van der Waals surface area contributed by atoms with Gasteiger partial charge in [0, 0.05) is 26.3 Å². The first-order chi connectivity index (χ1) is 17.2. The first-order valence-corrected chi connectivity index (χ1v) is 13.8. The summed E-state index contributed by atoms with van der Waals surface area (Å²) in [4.78, 5) is 17.3. The molecule has 0 aliphatic carbocycles. The summed E-state index contributed by atoms with van der Waals surface area (Å²) in [5, 5.41) is 14.0. The zero-order valence-corrected chi connectivity index (χ0v) is 21.9. The van der Waals surface area contributed by atoms with Gasteiger partial charge in [-0.25, -0.2) is 4.79 Å². The molecule has 0 saturated carbocycles. The van der Waals surface area contributed by atoms with Crippen LogP contribution in [0.4, 0.5) is 4.79 Å². The van der Waals surface area contributed by atoms with Gasteiger partial charge in [0.25, 0.3) is 10.2 Å². The number of rotatable bonds is 13. The highest BCUT2D eigenvalue weighted by Gasteiger charge is 2.28. The maximum absolute atomic E-state index is 12.6. The van der Waals surface area contributed by atoms with Crippen LogP contribution in [-0.4, -0.2) is 61.2 Å². The molecule has 3 rings (SSSR count). The van der Waals surface area contributed by atoms with Gasteiger partial charge < -0.3 is 15.2 Å². The van der Waals surface area contributed by atoms with Gasteiger partial charge >= 0.3 is 6.09 Å². The van der Waals surface area contributed by atoms with Crippen LogP contribution in [0, 0.1) is 0 Å². The third-order valence-corrected chi connectivity index (χ3v) is 7.89. The van der Waals surface area contributed by atoms with Crippen molar-refractivity contribution in [3.63, 3.8) is 0 Å². The second kappa shape index (κ2) is 13.5. The maximum Gasteiger partial charge on any atom is 0.407 e. The van der Waals surface area contributed by atoms with E-state index in [0.29, 0.717) is 12.8 Å². The average Bonchev–Trinajstić information content (AvgIpc) is 3.37. The molecule has 3 unspecified atom stereocenters. The van der Waals surface area contributed by atoms with Crippen LogP contribution < -0.4 is 10.0 Å². The Hall–Kier alpha value is -2.83. The Morgan fingerprint density at radius 1 is 1.06 bits per heavy atom. The van der Waals surface area contributed by atoms with Gasteiger partial charge in [-0.05, 0) is 30.4 Å². The van der Waals surface area contributed by atoms with Crippen LogP contribution in [0.3, 0.4) is 0 Å². The molecule has 0 radical (unpaired) electrons. The van der Waals surface area contributed by atoms with Crippen LogP contribution in [-0.2, 0) is 34.4 Å². The van der Waals surface area contributed by atoms with Crippen molar-refractivity contribution in [3.8, 4) is 0 Å². The Morgan fingerprint density at radius 2 is 1.67 bits per heavy atom. The molecule has 0 saturated heterocycles. The van der Waals surface area contributed by atoms with E-state index >= 15 is 0 Å². The summed E-state index contributed by atoms with van der Waals surface area (Å²) in [6.07, 6.45) is 0.694. The van der Waals surface area contributed by atoms with Crippen LogP contribution in [0.1, 0.15) is 22.4 Å². The van der Waals surface area contributed by atoms with Gasteiger partial charge in [-0.3, -0.25) is 4.98 Å². The quantitative estimate of drug-likeness (QED) is 0.311. The SMILES string of the molecule is CN(C)S(=O)(=O)NC(Cc1ccccc1)CC(O)C(Cc1ccccc1)NC(=O)OCc1cncs1. The van der Waals surface area contributed by atoms with Gasteiger partial charge in [0.05, 0.1) is 22.5 Å². The van der Waals surface area contributed by atoms with Crippen molar-refractivity contribution in [3.05, 3.63) is 88.4 Å². The molecule has 0 bridgehead atoms. The van der Waals surface area contributed by atoms with E-state index in [9.17, 15) is 18.3 Å². The van der Waals surface area contributed by atoms with Gasteiger partial charge in [-0.15, -0.1) is 11.3 Å². The average molecular weight is 533 g/mol. The van der Waals surface area contributed by atoms with E-state index in [-0.39, 0.29) is 13.0 Å². The highest BCUT2D eigenvalue weighted by molar-refractivity contribution is 7.87. The van der Waals surface area contributed by atoms with Gasteiger partial charge in [-0.1, -0.05) is 60.7 Å². The minimum Gasteiger partial charge on any atom is -0.444 e. The summed E-state index contributed by atoms with van der Waals surface area (Å²) in [5.41, 5.74) is 3.49. The predicted octanol–water partition coefficient (Wildman–Crippen LogP) is 2.74. The van der Waals surface area contributed by atoms with Crippen molar-refractivity contribution in [2.45, 2.75) is 44.1 Å². The van der Waals surface area contributed by atoms with Crippen molar-refractivity contribution in [2.75, 3.05) is 14.1 Å². The number of thiazole rings is 1. The Morgan fingerprint density at radius 3 is 2.22 bits per heavy atom. The number of ether oxygens (including phenoxy) is 1. The number of aliphatic hydroxyl groups is 1. The third kappa shape index (κ3) is 8.99. The molecule has 3 aromatic rings. The van der Waals surface area contributed by atoms with Crippen molar-refractivity contribution in [1.29, 1.82) is 0 Å². The van der Waals surface area contributed by atoms with Crippen LogP contribution in [0.25, 0.3) is 0 Å². The highest BCUT2D eigenvalue weighted by Crippen LogP contribution is 2.15. The first-order valence-electron chi connectivity index (χ1n) is 11.5. The minimum atomic E-state index is -3.75. The molecule has 1 aromatic heterocycles. The zero-order valence-electron chi connectivity index (χ0n) is 20.3. The predicted molar refractivity (Wildman–Crippen MR) is 140 cm³/mol. The number of nitrogens with one attached hydrogen (secondary N) is 2. The number of hydrogen-bond acceptors (Lipinski definition) is 7. The second-order valence-electron chi connectivity index (χ2n) is 8.58. The molecule has 3 atom stereocenters. The summed E-state index contributed by atoms with van der Waals surface area (Å²) in [6, 6.07) is 17.6. The van der Waals surface area contributed by atoms with Gasteiger partial charge in [-0.2, -0.15) is 17.4 Å². The van der Waals surface area contributed by atoms with Crippen LogP contribution in [0.15, 0.2) is 72.4 Å². The highest BCUT2D eigenvalue weighted by atomic mass is 32.2. The normalized spacial score (nSPS) is 14.2. The Bertz CT molecular complexity index is 1160. The van der Waals surface area contributed by atoms with Gasteiger partial charge in [0.15, 0.2) is 0 Å². The number of hydrogen-bond donors (Lipinski definition) is 3. The second-order valence-corrected chi connectivity index (χ2v) is 11.5. The van der Waals surface area contributed by atoms with E-state index < -0.39 is 34.5 Å². The molecule has 2 aromatic carbocycles. The molecule has 1 heterocycles. The molecule has 0 fully saturated rings. The van der Waals surface area contributed by atoms with Crippen molar-refractivity contribution in [1.82, 2.24) is 19.3 Å². The fraction of sp³-hybridized carbons (Fsp3) is 0.360. The lowest BCUT2D eigenvalue weighted by atomic mass is 9.94. The van der Waals surface area contributed by atoms with E-state index in [2.05, 4.69) is 15.0 Å². The van der Waals surface area contributed by atoms with E-state index in [1.807, 2.05) is 60.7 Å². The molecule has 0 aliphatic rings. The molecule has 1 amide bonds. The lowest BCUT2D eigenvalue weighted by Gasteiger charge is -2.28. The summed E-state index contributed by atoms with van der Waals surface area (Å²) in [5.74, 6) is 0. The van der Waals surface area contributed by atoms with Crippen molar-refractivity contribution in [2.24, 2.45) is 0 Å². The van der Waals surface area contributed by atoms with Gasteiger partial charge in [0.1, 0.15) is 6.61 Å². The summed E-state index contributed by atoms with van der Waals surface area (Å²) in [6.45, 7) is 0.0733. The monoisotopic (exact) mass is 532 g/mol. The minimum absolute atomic E-state index is 0.0733. The molecule has 9 nitrogen and oxygen atoms in total. The topological polar surface area (TPSA) is 121 Å². The number of benzene rings is 2. The number of aromatic nitrogens is 1. The Balaban J connectivity index is 1.75.